The van der Waals surface area contributed by atoms with Gasteiger partial charge in [0.2, 0.25) is 17.6 Å². The maximum atomic E-state index is 13.0. The zero-order chi connectivity index (χ0) is 23.2. The molecular weight excluding hydrogens is 445 g/mol. The summed E-state index contributed by atoms with van der Waals surface area (Å²) in [5.74, 6) is 0.110. The van der Waals surface area contributed by atoms with Crippen molar-refractivity contribution in [3.05, 3.63) is 78.8 Å². The molecule has 4 aromatic rings. The van der Waals surface area contributed by atoms with E-state index in [9.17, 15) is 14.0 Å². The zero-order valence-corrected chi connectivity index (χ0v) is 18.5. The number of amides is 2. The van der Waals surface area contributed by atoms with Gasteiger partial charge in [-0.2, -0.15) is 0 Å². The predicted molar refractivity (Wildman–Crippen MR) is 122 cm³/mol. The van der Waals surface area contributed by atoms with Crippen molar-refractivity contribution in [2.75, 3.05) is 24.7 Å². The first-order chi connectivity index (χ1) is 16.0. The number of furan rings is 1. The van der Waals surface area contributed by atoms with Gasteiger partial charge in [0.15, 0.2) is 10.9 Å². The van der Waals surface area contributed by atoms with Gasteiger partial charge in [-0.25, -0.2) is 4.39 Å². The molecule has 0 fully saturated rings. The summed E-state index contributed by atoms with van der Waals surface area (Å²) in [6.07, 6.45) is 1.56. The molecule has 4 rings (SSSR count). The fourth-order valence-electron chi connectivity index (χ4n) is 3.01. The van der Waals surface area contributed by atoms with Gasteiger partial charge in [-0.05, 0) is 48.5 Å². The molecule has 33 heavy (non-hydrogen) atoms. The maximum Gasteiger partial charge on any atom is 0.243 e. The standard InChI is InChI=1S/C23H20FN5O3S/c1-28(14-20(30)25-17-11-9-16(24)10-12-17)21(31)15-33-23-27-26-22(19-8-5-13-32-19)29(23)18-6-3-2-4-7-18/h2-13H,14-15H2,1H3,(H,25,30). The molecule has 0 spiro atoms. The molecular formula is C23H20FN5O3S. The Morgan fingerprint density at radius 1 is 1.06 bits per heavy atom. The lowest BCUT2D eigenvalue weighted by atomic mass is 10.3. The number of rotatable bonds is 8. The molecule has 0 aliphatic heterocycles. The number of likely N-dealkylation sites (N-methyl/N-ethyl adjacent to an activating group) is 1. The smallest absolute Gasteiger partial charge is 0.243 e. The number of hydrogen-bond acceptors (Lipinski definition) is 6. The molecule has 0 aliphatic carbocycles. The molecule has 0 atom stereocenters. The second-order valence-electron chi connectivity index (χ2n) is 7.05. The number of nitrogens with one attached hydrogen (secondary N) is 1. The second kappa shape index (κ2) is 10.1. The van der Waals surface area contributed by atoms with E-state index in [4.69, 9.17) is 4.42 Å². The molecule has 2 amide bonds. The Morgan fingerprint density at radius 2 is 1.82 bits per heavy atom. The van der Waals surface area contributed by atoms with Gasteiger partial charge in [-0.3, -0.25) is 14.2 Å². The van der Waals surface area contributed by atoms with Crippen LogP contribution in [-0.4, -0.2) is 50.8 Å². The summed E-state index contributed by atoms with van der Waals surface area (Å²) < 4.78 is 20.3. The van der Waals surface area contributed by atoms with Crippen LogP contribution in [0.2, 0.25) is 0 Å². The number of nitrogens with zero attached hydrogens (tertiary/aromatic N) is 4. The molecule has 10 heteroatoms. The first-order valence-electron chi connectivity index (χ1n) is 9.98. The largest absolute Gasteiger partial charge is 0.461 e. The lowest BCUT2D eigenvalue weighted by Gasteiger charge is -2.16. The van der Waals surface area contributed by atoms with Crippen LogP contribution < -0.4 is 5.32 Å². The third-order valence-corrected chi connectivity index (χ3v) is 5.56. The van der Waals surface area contributed by atoms with Gasteiger partial charge < -0.3 is 14.6 Å². The predicted octanol–water partition coefficient (Wildman–Crippen LogP) is 3.86. The van der Waals surface area contributed by atoms with Crippen LogP contribution in [-0.2, 0) is 9.59 Å². The molecule has 0 saturated heterocycles. The summed E-state index contributed by atoms with van der Waals surface area (Å²) in [5.41, 5.74) is 1.29. The molecule has 0 aliphatic rings. The number of carbonyl (C=O) groups excluding carboxylic acids is 2. The summed E-state index contributed by atoms with van der Waals surface area (Å²) in [4.78, 5) is 26.2. The summed E-state index contributed by atoms with van der Waals surface area (Å²) in [6.45, 7) is -0.139. The van der Waals surface area contributed by atoms with E-state index in [1.807, 2.05) is 34.9 Å². The molecule has 1 N–H and O–H groups in total. The Balaban J connectivity index is 1.41. The Labute approximate surface area is 193 Å². The highest BCUT2D eigenvalue weighted by molar-refractivity contribution is 7.99. The number of hydrogen-bond donors (Lipinski definition) is 1. The Hall–Kier alpha value is -3.92. The van der Waals surface area contributed by atoms with E-state index in [1.54, 1.807) is 25.4 Å². The van der Waals surface area contributed by atoms with E-state index in [0.717, 1.165) is 5.69 Å². The minimum Gasteiger partial charge on any atom is -0.461 e. The molecule has 0 radical (unpaired) electrons. The van der Waals surface area contributed by atoms with Crippen LogP contribution in [0.25, 0.3) is 17.3 Å². The quantitative estimate of drug-likeness (QED) is 0.397. The molecule has 0 bridgehead atoms. The molecule has 0 saturated carbocycles. The van der Waals surface area contributed by atoms with E-state index >= 15 is 0 Å². The normalized spacial score (nSPS) is 10.7. The third kappa shape index (κ3) is 5.47. The number of thioether (sulfide) groups is 1. The zero-order valence-electron chi connectivity index (χ0n) is 17.6. The second-order valence-corrected chi connectivity index (χ2v) is 7.99. The van der Waals surface area contributed by atoms with Gasteiger partial charge in [0.05, 0.1) is 18.6 Å². The molecule has 0 unspecified atom stereocenters. The van der Waals surface area contributed by atoms with Crippen LogP contribution in [0, 0.1) is 5.82 Å². The lowest BCUT2D eigenvalue weighted by Crippen LogP contribution is -2.36. The van der Waals surface area contributed by atoms with Crippen molar-refractivity contribution in [2.24, 2.45) is 0 Å². The maximum absolute atomic E-state index is 13.0. The number of halogens is 1. The third-order valence-electron chi connectivity index (χ3n) is 4.65. The monoisotopic (exact) mass is 465 g/mol. The summed E-state index contributed by atoms with van der Waals surface area (Å²) in [6, 6.07) is 18.5. The Kier molecular flexibility index (Phi) is 6.84. The number of carbonyl (C=O) groups is 2. The molecule has 2 aromatic carbocycles. The Bertz CT molecular complexity index is 1230. The van der Waals surface area contributed by atoms with Crippen molar-refractivity contribution >= 4 is 29.3 Å². The van der Waals surface area contributed by atoms with Gasteiger partial charge >= 0.3 is 0 Å². The highest BCUT2D eigenvalue weighted by atomic mass is 32.2. The first kappa shape index (κ1) is 22.3. The molecule has 2 heterocycles. The van der Waals surface area contributed by atoms with Crippen LogP contribution in [0.1, 0.15) is 0 Å². The van der Waals surface area contributed by atoms with E-state index in [0.29, 0.717) is 22.4 Å². The minimum atomic E-state index is -0.393. The van der Waals surface area contributed by atoms with Crippen molar-refractivity contribution in [2.45, 2.75) is 5.16 Å². The van der Waals surface area contributed by atoms with Crippen LogP contribution in [0.4, 0.5) is 10.1 Å². The SMILES string of the molecule is CN(CC(=O)Nc1ccc(F)cc1)C(=O)CSc1nnc(-c2ccco2)n1-c1ccccc1. The summed E-state index contributed by atoms with van der Waals surface area (Å²) in [5, 5.41) is 11.6. The summed E-state index contributed by atoms with van der Waals surface area (Å²) >= 11 is 1.21. The van der Waals surface area contributed by atoms with Gasteiger partial charge in [0, 0.05) is 18.4 Å². The number of anilines is 1. The van der Waals surface area contributed by atoms with E-state index in [2.05, 4.69) is 15.5 Å². The fourth-order valence-corrected chi connectivity index (χ4v) is 3.90. The fraction of sp³-hybridized carbons (Fsp3) is 0.130. The lowest BCUT2D eigenvalue weighted by molar-refractivity contribution is -0.131. The molecule has 2 aromatic heterocycles. The Morgan fingerprint density at radius 3 is 2.52 bits per heavy atom. The van der Waals surface area contributed by atoms with Crippen molar-refractivity contribution < 1.29 is 18.4 Å². The van der Waals surface area contributed by atoms with Crippen LogP contribution in [0.15, 0.2) is 82.6 Å². The van der Waals surface area contributed by atoms with E-state index in [1.165, 1.54) is 40.9 Å². The number of para-hydroxylation sites is 1. The minimum absolute atomic E-state index is 0.0590. The van der Waals surface area contributed by atoms with Crippen molar-refractivity contribution in [1.82, 2.24) is 19.7 Å². The average molecular weight is 466 g/mol. The highest BCUT2D eigenvalue weighted by Crippen LogP contribution is 2.28. The van der Waals surface area contributed by atoms with E-state index in [-0.39, 0.29) is 24.1 Å². The van der Waals surface area contributed by atoms with Crippen molar-refractivity contribution in [3.63, 3.8) is 0 Å². The number of benzene rings is 2. The van der Waals surface area contributed by atoms with Gasteiger partial charge in [0.1, 0.15) is 5.82 Å². The van der Waals surface area contributed by atoms with Crippen molar-refractivity contribution in [3.8, 4) is 17.3 Å². The average Bonchev–Trinajstić information content (AvgIpc) is 3.49. The first-order valence-corrected chi connectivity index (χ1v) is 11.0. The number of aromatic nitrogens is 3. The van der Waals surface area contributed by atoms with Crippen LogP contribution in [0.3, 0.4) is 0 Å². The van der Waals surface area contributed by atoms with Gasteiger partial charge in [-0.1, -0.05) is 30.0 Å². The van der Waals surface area contributed by atoms with Gasteiger partial charge in [0.25, 0.3) is 0 Å². The summed E-state index contributed by atoms with van der Waals surface area (Å²) in [7, 11) is 1.54. The van der Waals surface area contributed by atoms with Crippen LogP contribution in [0.5, 0.6) is 0 Å². The topological polar surface area (TPSA) is 93.3 Å². The molecule has 168 valence electrons. The van der Waals surface area contributed by atoms with Gasteiger partial charge in [-0.15, -0.1) is 10.2 Å². The van der Waals surface area contributed by atoms with E-state index < -0.39 is 5.82 Å². The highest BCUT2D eigenvalue weighted by Gasteiger charge is 2.20. The van der Waals surface area contributed by atoms with Crippen LogP contribution >= 0.6 is 11.8 Å². The van der Waals surface area contributed by atoms with Crippen molar-refractivity contribution in [1.29, 1.82) is 0 Å². The molecule has 8 nitrogen and oxygen atoms in total.